The summed E-state index contributed by atoms with van der Waals surface area (Å²) in [6.07, 6.45) is 1.92. The van der Waals surface area contributed by atoms with Gasteiger partial charge in [0, 0.05) is 22.2 Å². The van der Waals surface area contributed by atoms with E-state index in [0.29, 0.717) is 29.3 Å². The maximum atomic E-state index is 14.1. The smallest absolute Gasteiger partial charge is 0.136 e. The molecule has 2 aromatic rings. The van der Waals surface area contributed by atoms with Crippen LogP contribution in [0.5, 0.6) is 0 Å². The van der Waals surface area contributed by atoms with Crippen LogP contribution in [0.1, 0.15) is 41.9 Å². The first-order chi connectivity index (χ1) is 11.9. The lowest BCUT2D eigenvalue weighted by Crippen LogP contribution is -2.01. The molecule has 0 radical (unpaired) electrons. The van der Waals surface area contributed by atoms with Gasteiger partial charge in [0.25, 0.3) is 0 Å². The Bertz CT molecular complexity index is 882. The minimum absolute atomic E-state index is 0.0179. The van der Waals surface area contributed by atoms with Crippen molar-refractivity contribution in [3.63, 3.8) is 0 Å². The van der Waals surface area contributed by atoms with E-state index in [9.17, 15) is 4.39 Å². The number of rotatable bonds is 4. The van der Waals surface area contributed by atoms with Crippen molar-refractivity contribution in [2.45, 2.75) is 30.8 Å². The Morgan fingerprint density at radius 2 is 1.76 bits per heavy atom. The third-order valence-electron chi connectivity index (χ3n) is 5.15. The van der Waals surface area contributed by atoms with E-state index in [-0.39, 0.29) is 5.92 Å². The van der Waals surface area contributed by atoms with Crippen LogP contribution in [0.15, 0.2) is 55.3 Å². The van der Waals surface area contributed by atoms with E-state index in [0.717, 1.165) is 33.6 Å². The normalized spacial score (nSPS) is 20.1. The van der Waals surface area contributed by atoms with Crippen molar-refractivity contribution in [3.05, 3.63) is 82.0 Å². The monoisotopic (exact) mass is 373 g/mol. The van der Waals surface area contributed by atoms with Crippen LogP contribution in [0.4, 0.5) is 10.1 Å². The molecule has 1 saturated carbocycles. The van der Waals surface area contributed by atoms with Crippen molar-refractivity contribution in [2.75, 3.05) is 5.32 Å². The van der Waals surface area contributed by atoms with Gasteiger partial charge < -0.3 is 5.32 Å². The standard InChI is InChI=1S/C21H18Cl2FN/c1-12(14-3-5-15(6-4-14)21(24)9-10-21)11-16-13(2)25-20-18(23)8-7-17(22)19(16)20/h3-8,16,25H,1-2,9-11H2. The number of fused-ring (bicyclic) bond motifs is 1. The minimum Gasteiger partial charge on any atom is -0.357 e. The highest BCUT2D eigenvalue weighted by Gasteiger charge is 2.44. The largest absolute Gasteiger partial charge is 0.357 e. The van der Waals surface area contributed by atoms with Crippen LogP contribution in [0, 0.1) is 0 Å². The minimum atomic E-state index is -1.10. The second-order valence-corrected chi connectivity index (χ2v) is 7.69. The second-order valence-electron chi connectivity index (χ2n) is 6.87. The summed E-state index contributed by atoms with van der Waals surface area (Å²) in [6, 6.07) is 11.2. The molecule has 1 atom stereocenters. The lowest BCUT2D eigenvalue weighted by atomic mass is 9.89. The average molecular weight is 374 g/mol. The molecule has 25 heavy (non-hydrogen) atoms. The number of allylic oxidation sites excluding steroid dienone is 2. The molecule has 1 unspecified atom stereocenters. The van der Waals surface area contributed by atoms with Gasteiger partial charge in [-0.05, 0) is 48.1 Å². The summed E-state index contributed by atoms with van der Waals surface area (Å²) in [6.45, 7) is 8.33. The van der Waals surface area contributed by atoms with Gasteiger partial charge in [-0.3, -0.25) is 0 Å². The van der Waals surface area contributed by atoms with Gasteiger partial charge in [0.15, 0.2) is 0 Å². The van der Waals surface area contributed by atoms with Crippen molar-refractivity contribution in [1.29, 1.82) is 0 Å². The molecular weight excluding hydrogens is 356 g/mol. The molecule has 1 nitrogen and oxygen atoms in total. The van der Waals surface area contributed by atoms with Gasteiger partial charge in [0.05, 0.1) is 10.7 Å². The summed E-state index contributed by atoms with van der Waals surface area (Å²) in [5, 5.41) is 4.56. The van der Waals surface area contributed by atoms with E-state index in [1.807, 2.05) is 30.3 Å². The Kier molecular flexibility index (Phi) is 3.93. The third kappa shape index (κ3) is 2.88. The van der Waals surface area contributed by atoms with Gasteiger partial charge in [-0.2, -0.15) is 0 Å². The Morgan fingerprint density at radius 3 is 2.40 bits per heavy atom. The quantitative estimate of drug-likeness (QED) is 0.603. The van der Waals surface area contributed by atoms with Crippen molar-refractivity contribution >= 4 is 34.5 Å². The van der Waals surface area contributed by atoms with E-state index in [1.54, 1.807) is 6.07 Å². The topological polar surface area (TPSA) is 12.0 Å². The van der Waals surface area contributed by atoms with Crippen molar-refractivity contribution in [2.24, 2.45) is 0 Å². The molecule has 0 bridgehead atoms. The van der Waals surface area contributed by atoms with Crippen LogP contribution in [-0.4, -0.2) is 0 Å². The summed E-state index contributed by atoms with van der Waals surface area (Å²) in [5.41, 5.74) is 4.30. The fraction of sp³-hybridized carbons (Fsp3) is 0.238. The maximum absolute atomic E-state index is 14.1. The number of hydrogen-bond donors (Lipinski definition) is 1. The summed E-state index contributed by atoms with van der Waals surface area (Å²) in [7, 11) is 0. The zero-order valence-corrected chi connectivity index (χ0v) is 15.2. The molecule has 0 spiro atoms. The Labute approximate surface area is 157 Å². The van der Waals surface area contributed by atoms with Crippen molar-refractivity contribution < 1.29 is 4.39 Å². The first kappa shape index (κ1) is 16.7. The summed E-state index contributed by atoms with van der Waals surface area (Å²) in [5.74, 6) is 0.0179. The van der Waals surface area contributed by atoms with Crippen LogP contribution in [0.2, 0.25) is 10.0 Å². The first-order valence-corrected chi connectivity index (χ1v) is 9.06. The summed E-state index contributed by atoms with van der Waals surface area (Å²) >= 11 is 12.7. The van der Waals surface area contributed by atoms with E-state index in [1.165, 1.54) is 0 Å². The fourth-order valence-corrected chi connectivity index (χ4v) is 3.95. The number of hydrogen-bond acceptors (Lipinski definition) is 1. The van der Waals surface area contributed by atoms with Crippen molar-refractivity contribution in [3.8, 4) is 0 Å². The molecular formula is C21H18Cl2FN. The zero-order valence-electron chi connectivity index (χ0n) is 13.7. The number of halogens is 3. The maximum Gasteiger partial charge on any atom is 0.136 e. The fourth-order valence-electron chi connectivity index (χ4n) is 3.45. The molecule has 1 N–H and O–H groups in total. The highest BCUT2D eigenvalue weighted by molar-refractivity contribution is 6.36. The molecule has 2 aromatic carbocycles. The van der Waals surface area contributed by atoms with Crippen LogP contribution < -0.4 is 5.32 Å². The average Bonchev–Trinajstić information content (AvgIpc) is 3.27. The van der Waals surface area contributed by atoms with Gasteiger partial charge in [-0.15, -0.1) is 0 Å². The van der Waals surface area contributed by atoms with E-state index < -0.39 is 5.67 Å². The molecule has 128 valence electrons. The predicted octanol–water partition coefficient (Wildman–Crippen LogP) is 7.08. The van der Waals surface area contributed by atoms with Crippen LogP contribution in [0.3, 0.4) is 0 Å². The van der Waals surface area contributed by atoms with Gasteiger partial charge in [0.2, 0.25) is 0 Å². The number of anilines is 1. The Morgan fingerprint density at radius 1 is 1.12 bits per heavy atom. The number of alkyl halides is 1. The SMILES string of the molecule is C=C(CC1C(=C)Nc2c(Cl)ccc(Cl)c21)c1ccc(C2(F)CC2)cc1. The summed E-state index contributed by atoms with van der Waals surface area (Å²) < 4.78 is 14.1. The molecule has 1 aliphatic carbocycles. The van der Waals surface area contributed by atoms with Crippen LogP contribution in [-0.2, 0) is 5.67 Å². The highest BCUT2D eigenvalue weighted by atomic mass is 35.5. The van der Waals surface area contributed by atoms with Crippen molar-refractivity contribution in [1.82, 2.24) is 0 Å². The summed E-state index contributed by atoms with van der Waals surface area (Å²) in [4.78, 5) is 0. The highest BCUT2D eigenvalue weighted by Crippen LogP contribution is 2.50. The molecule has 1 aliphatic heterocycles. The molecule has 1 fully saturated rings. The molecule has 1 heterocycles. The zero-order chi connectivity index (χ0) is 17.8. The lowest BCUT2D eigenvalue weighted by Gasteiger charge is -2.16. The van der Waals surface area contributed by atoms with Gasteiger partial charge in [-0.25, -0.2) is 4.39 Å². The molecule has 0 saturated heterocycles. The lowest BCUT2D eigenvalue weighted by molar-refractivity contribution is 0.317. The van der Waals surface area contributed by atoms with E-state index in [2.05, 4.69) is 18.5 Å². The van der Waals surface area contributed by atoms with Crippen LogP contribution in [0.25, 0.3) is 5.57 Å². The number of benzene rings is 2. The van der Waals surface area contributed by atoms with E-state index >= 15 is 0 Å². The second kappa shape index (κ2) is 5.89. The predicted molar refractivity (Wildman–Crippen MR) is 104 cm³/mol. The van der Waals surface area contributed by atoms with Gasteiger partial charge in [0.1, 0.15) is 5.67 Å². The third-order valence-corrected chi connectivity index (χ3v) is 5.79. The number of nitrogens with one attached hydrogen (secondary N) is 1. The first-order valence-electron chi connectivity index (χ1n) is 8.30. The Balaban J connectivity index is 1.58. The molecule has 4 heteroatoms. The molecule has 0 amide bonds. The van der Waals surface area contributed by atoms with Crippen LogP contribution >= 0.6 is 23.2 Å². The molecule has 0 aromatic heterocycles. The molecule has 2 aliphatic rings. The Hall–Kier alpha value is -1.77. The van der Waals surface area contributed by atoms with E-state index in [4.69, 9.17) is 23.2 Å². The molecule has 4 rings (SSSR count). The van der Waals surface area contributed by atoms with Gasteiger partial charge >= 0.3 is 0 Å². The van der Waals surface area contributed by atoms with Gasteiger partial charge in [-0.1, -0.05) is 60.6 Å².